The molecule has 0 fully saturated rings. The van der Waals surface area contributed by atoms with Gasteiger partial charge in [-0.15, -0.1) is 0 Å². The summed E-state index contributed by atoms with van der Waals surface area (Å²) >= 11 is 0. The molecule has 0 atom stereocenters. The van der Waals surface area contributed by atoms with Crippen LogP contribution in [0.3, 0.4) is 0 Å². The largest absolute Gasteiger partial charge is 0.497 e. The fourth-order valence-corrected chi connectivity index (χ4v) is 3.16. The minimum absolute atomic E-state index is 0.105. The van der Waals surface area contributed by atoms with Crippen molar-refractivity contribution >= 4 is 17.3 Å². The molecular weight excluding hydrogens is 380 g/mol. The summed E-state index contributed by atoms with van der Waals surface area (Å²) in [6.07, 6.45) is 1.39. The third-order valence-corrected chi connectivity index (χ3v) is 4.86. The van der Waals surface area contributed by atoms with Gasteiger partial charge in [0.05, 0.1) is 19.1 Å². The van der Waals surface area contributed by atoms with E-state index in [0.717, 1.165) is 30.1 Å². The maximum absolute atomic E-state index is 12.4. The highest BCUT2D eigenvalue weighted by Crippen LogP contribution is 2.19. The molecule has 0 bridgehead atoms. The molecule has 3 aromatic rings. The lowest BCUT2D eigenvalue weighted by Gasteiger charge is -2.21. The van der Waals surface area contributed by atoms with E-state index in [4.69, 9.17) is 4.74 Å². The van der Waals surface area contributed by atoms with E-state index in [1.54, 1.807) is 7.11 Å². The first kappa shape index (κ1) is 21.1. The Bertz CT molecular complexity index is 1040. The summed E-state index contributed by atoms with van der Waals surface area (Å²) in [5, 5.41) is 2.82. The summed E-state index contributed by atoms with van der Waals surface area (Å²) in [6, 6.07) is 16.4. The maximum atomic E-state index is 12.4. The Hall–Kier alpha value is -3.61. The van der Waals surface area contributed by atoms with E-state index in [-0.39, 0.29) is 18.0 Å². The van der Waals surface area contributed by atoms with Crippen molar-refractivity contribution in [2.24, 2.45) is 0 Å². The quantitative estimate of drug-likeness (QED) is 0.620. The molecule has 7 nitrogen and oxygen atoms in total. The van der Waals surface area contributed by atoms with Gasteiger partial charge in [0.25, 0.3) is 5.56 Å². The molecule has 0 radical (unpaired) electrons. The molecule has 0 aliphatic rings. The first-order valence-electron chi connectivity index (χ1n) is 9.89. The molecule has 1 aromatic heterocycles. The average Bonchev–Trinajstić information content (AvgIpc) is 2.77. The van der Waals surface area contributed by atoms with Crippen molar-refractivity contribution in [2.45, 2.75) is 20.4 Å². The van der Waals surface area contributed by atoms with E-state index < -0.39 is 0 Å². The van der Waals surface area contributed by atoms with Crippen LogP contribution < -0.4 is 20.5 Å². The van der Waals surface area contributed by atoms with Crippen molar-refractivity contribution in [1.82, 2.24) is 9.55 Å². The maximum Gasteiger partial charge on any atom is 0.254 e. The predicted octanol–water partition coefficient (Wildman–Crippen LogP) is 3.40. The molecule has 0 aliphatic heterocycles. The first-order valence-corrected chi connectivity index (χ1v) is 9.89. The minimum atomic E-state index is -0.289. The molecule has 2 aromatic carbocycles. The number of nitrogens with one attached hydrogen (secondary N) is 1. The fraction of sp³-hybridized carbons (Fsp3) is 0.261. The molecular formula is C23H26N4O3. The minimum Gasteiger partial charge on any atom is -0.497 e. The molecule has 156 valence electrons. The Morgan fingerprint density at radius 3 is 2.30 bits per heavy atom. The summed E-state index contributed by atoms with van der Waals surface area (Å²) in [6.45, 7) is 5.94. The molecule has 0 saturated heterocycles. The summed E-state index contributed by atoms with van der Waals surface area (Å²) < 4.78 is 6.42. The summed E-state index contributed by atoms with van der Waals surface area (Å²) in [5.74, 6) is 0.445. The molecule has 1 N–H and O–H groups in total. The van der Waals surface area contributed by atoms with E-state index in [9.17, 15) is 9.59 Å². The second-order valence-corrected chi connectivity index (χ2v) is 6.74. The van der Waals surface area contributed by atoms with Crippen LogP contribution in [-0.2, 0) is 11.3 Å². The van der Waals surface area contributed by atoms with Crippen LogP contribution in [0.2, 0.25) is 0 Å². The third kappa shape index (κ3) is 5.05. The lowest BCUT2D eigenvalue weighted by Crippen LogP contribution is -2.27. The van der Waals surface area contributed by atoms with Crippen LogP contribution in [-0.4, -0.2) is 35.7 Å². The van der Waals surface area contributed by atoms with Crippen LogP contribution in [0.25, 0.3) is 11.3 Å². The Morgan fingerprint density at radius 2 is 1.73 bits per heavy atom. The zero-order valence-corrected chi connectivity index (χ0v) is 17.5. The Labute approximate surface area is 175 Å². The highest BCUT2D eigenvalue weighted by Gasteiger charge is 2.09. The number of methoxy groups -OCH3 is 1. The van der Waals surface area contributed by atoms with Gasteiger partial charge in [0.1, 0.15) is 12.3 Å². The summed E-state index contributed by atoms with van der Waals surface area (Å²) in [7, 11) is 1.60. The average molecular weight is 406 g/mol. The van der Waals surface area contributed by atoms with Gasteiger partial charge in [-0.2, -0.15) is 0 Å². The zero-order chi connectivity index (χ0) is 21.5. The van der Waals surface area contributed by atoms with Crippen molar-refractivity contribution in [3.63, 3.8) is 0 Å². The van der Waals surface area contributed by atoms with Gasteiger partial charge in [-0.1, -0.05) is 0 Å². The van der Waals surface area contributed by atoms with Gasteiger partial charge in [-0.3, -0.25) is 14.2 Å². The molecule has 0 saturated carbocycles. The van der Waals surface area contributed by atoms with Crippen LogP contribution in [0.4, 0.5) is 11.4 Å². The van der Waals surface area contributed by atoms with E-state index in [0.29, 0.717) is 11.4 Å². The zero-order valence-electron chi connectivity index (χ0n) is 17.5. The first-order chi connectivity index (χ1) is 14.5. The molecule has 1 heterocycles. The van der Waals surface area contributed by atoms with Gasteiger partial charge in [-0.05, 0) is 62.4 Å². The molecule has 30 heavy (non-hydrogen) atoms. The SMILES string of the molecule is CCN(CC)c1ccc(NC(=O)Cn2cnc(-c3ccc(OC)cc3)cc2=O)cc1. The number of carbonyl (C=O) groups is 1. The van der Waals surface area contributed by atoms with Gasteiger partial charge >= 0.3 is 0 Å². The second-order valence-electron chi connectivity index (χ2n) is 6.74. The lowest BCUT2D eigenvalue weighted by atomic mass is 10.1. The number of amides is 1. The van der Waals surface area contributed by atoms with Gasteiger partial charge < -0.3 is 15.0 Å². The Kier molecular flexibility index (Phi) is 6.85. The van der Waals surface area contributed by atoms with Gasteiger partial charge in [0.15, 0.2) is 0 Å². The van der Waals surface area contributed by atoms with Gasteiger partial charge in [0, 0.05) is 36.1 Å². The predicted molar refractivity (Wildman–Crippen MR) is 119 cm³/mol. The normalized spacial score (nSPS) is 10.5. The lowest BCUT2D eigenvalue weighted by molar-refractivity contribution is -0.116. The van der Waals surface area contributed by atoms with Crippen molar-refractivity contribution in [2.75, 3.05) is 30.4 Å². The van der Waals surface area contributed by atoms with Crippen LogP contribution in [0.5, 0.6) is 5.75 Å². The number of aromatic nitrogens is 2. The van der Waals surface area contributed by atoms with Crippen molar-refractivity contribution in [3.05, 3.63) is 71.3 Å². The standard InChI is InChI=1S/C23H26N4O3/c1-4-26(5-2)19-10-8-18(9-11-19)25-22(28)15-27-16-24-21(14-23(27)29)17-6-12-20(30-3)13-7-17/h6-14,16H,4-5,15H2,1-3H3,(H,25,28). The number of hydrogen-bond donors (Lipinski definition) is 1. The summed E-state index contributed by atoms with van der Waals surface area (Å²) in [4.78, 5) is 31.3. The number of nitrogens with zero attached hydrogens (tertiary/aromatic N) is 3. The number of carbonyl (C=O) groups excluding carboxylic acids is 1. The van der Waals surface area contributed by atoms with Crippen molar-refractivity contribution in [3.8, 4) is 17.0 Å². The Balaban J connectivity index is 1.65. The number of rotatable bonds is 8. The summed E-state index contributed by atoms with van der Waals surface area (Å²) in [5.41, 5.74) is 2.85. The van der Waals surface area contributed by atoms with Crippen LogP contribution in [0.1, 0.15) is 13.8 Å². The van der Waals surface area contributed by atoms with E-state index in [1.165, 1.54) is 17.0 Å². The van der Waals surface area contributed by atoms with Crippen molar-refractivity contribution < 1.29 is 9.53 Å². The van der Waals surface area contributed by atoms with Crippen LogP contribution in [0, 0.1) is 0 Å². The van der Waals surface area contributed by atoms with Crippen LogP contribution in [0.15, 0.2) is 65.7 Å². The van der Waals surface area contributed by atoms with E-state index in [1.807, 2.05) is 48.5 Å². The molecule has 1 amide bonds. The highest BCUT2D eigenvalue weighted by molar-refractivity contribution is 5.90. The number of anilines is 2. The van der Waals surface area contributed by atoms with E-state index in [2.05, 4.69) is 29.0 Å². The molecule has 7 heteroatoms. The topological polar surface area (TPSA) is 76.5 Å². The number of hydrogen-bond acceptors (Lipinski definition) is 5. The monoisotopic (exact) mass is 406 g/mol. The highest BCUT2D eigenvalue weighted by atomic mass is 16.5. The van der Waals surface area contributed by atoms with Gasteiger partial charge in [-0.25, -0.2) is 4.98 Å². The second kappa shape index (κ2) is 9.73. The molecule has 0 unspecified atom stereocenters. The third-order valence-electron chi connectivity index (χ3n) is 4.86. The molecule has 0 spiro atoms. The van der Waals surface area contributed by atoms with Gasteiger partial charge in [0.2, 0.25) is 5.91 Å². The number of ether oxygens (including phenoxy) is 1. The molecule has 0 aliphatic carbocycles. The van der Waals surface area contributed by atoms with Crippen LogP contribution >= 0.6 is 0 Å². The van der Waals surface area contributed by atoms with E-state index >= 15 is 0 Å². The fourth-order valence-electron chi connectivity index (χ4n) is 3.16. The number of benzene rings is 2. The molecule has 3 rings (SSSR count). The smallest absolute Gasteiger partial charge is 0.254 e. The Morgan fingerprint density at radius 1 is 1.07 bits per heavy atom. The van der Waals surface area contributed by atoms with Crippen molar-refractivity contribution in [1.29, 1.82) is 0 Å².